The Balaban J connectivity index is 2.13. The van der Waals surface area contributed by atoms with E-state index in [0.717, 1.165) is 46.6 Å². The van der Waals surface area contributed by atoms with Gasteiger partial charge >= 0.3 is 5.97 Å². The Labute approximate surface area is 153 Å². The molecule has 2 aromatic rings. The van der Waals surface area contributed by atoms with Crippen LogP contribution in [0, 0.1) is 0 Å². The number of hydrogen-bond acceptors (Lipinski definition) is 4. The van der Waals surface area contributed by atoms with Crippen molar-refractivity contribution in [2.75, 3.05) is 21.3 Å². The third-order valence-corrected chi connectivity index (χ3v) is 4.57. The second-order valence-electron chi connectivity index (χ2n) is 6.01. The van der Waals surface area contributed by atoms with Gasteiger partial charge in [-0.25, -0.2) is 4.79 Å². The Kier molecular flexibility index (Phi) is 5.42. The number of esters is 1. The number of ether oxygens (including phenoxy) is 3. The van der Waals surface area contributed by atoms with Crippen LogP contribution in [0.3, 0.4) is 0 Å². The summed E-state index contributed by atoms with van der Waals surface area (Å²) in [6.07, 6.45) is 5.08. The average Bonchev–Trinajstić information content (AvgIpc) is 2.71. The maximum atomic E-state index is 11.5. The minimum Gasteiger partial charge on any atom is -0.497 e. The number of allylic oxidation sites excluding steroid dienone is 2. The van der Waals surface area contributed by atoms with Crippen molar-refractivity contribution in [2.24, 2.45) is 0 Å². The molecule has 0 saturated carbocycles. The fourth-order valence-electron chi connectivity index (χ4n) is 3.22. The number of aryl methyl sites for hydroxylation is 1. The lowest BCUT2D eigenvalue weighted by atomic mass is 9.82. The second-order valence-corrected chi connectivity index (χ2v) is 6.01. The molecule has 2 aromatic carbocycles. The summed E-state index contributed by atoms with van der Waals surface area (Å²) in [6, 6.07) is 14.1. The van der Waals surface area contributed by atoms with Crippen LogP contribution in [0.15, 0.2) is 60.2 Å². The third kappa shape index (κ3) is 3.64. The largest absolute Gasteiger partial charge is 0.497 e. The fourth-order valence-corrected chi connectivity index (χ4v) is 3.22. The molecule has 4 heteroatoms. The maximum absolute atomic E-state index is 11.5. The topological polar surface area (TPSA) is 44.8 Å². The summed E-state index contributed by atoms with van der Waals surface area (Å²) in [5, 5.41) is 0. The lowest BCUT2D eigenvalue weighted by Crippen LogP contribution is -2.06. The van der Waals surface area contributed by atoms with Crippen LogP contribution in [0.2, 0.25) is 0 Å². The van der Waals surface area contributed by atoms with Crippen LogP contribution in [0.5, 0.6) is 11.5 Å². The molecule has 4 nitrogen and oxygen atoms in total. The molecule has 134 valence electrons. The van der Waals surface area contributed by atoms with E-state index in [1.54, 1.807) is 14.2 Å². The Morgan fingerprint density at radius 3 is 2.27 bits per heavy atom. The summed E-state index contributed by atoms with van der Waals surface area (Å²) in [5.74, 6) is 1.31. The molecule has 0 unspecified atom stereocenters. The quantitative estimate of drug-likeness (QED) is 0.599. The lowest BCUT2D eigenvalue weighted by molar-refractivity contribution is -0.134. The van der Waals surface area contributed by atoms with E-state index in [1.165, 1.54) is 18.7 Å². The van der Waals surface area contributed by atoms with Crippen molar-refractivity contribution in [3.8, 4) is 11.5 Å². The Morgan fingerprint density at radius 1 is 0.923 bits per heavy atom. The SMILES string of the molecule is COC(=O)C=CC1=C(c2ccc(OC)cc2)c2ccc(OC)cc2CC1. The van der Waals surface area contributed by atoms with Crippen molar-refractivity contribution in [1.29, 1.82) is 0 Å². The van der Waals surface area contributed by atoms with Gasteiger partial charge in [-0.1, -0.05) is 24.3 Å². The highest BCUT2D eigenvalue weighted by Crippen LogP contribution is 2.38. The normalized spacial score (nSPS) is 13.5. The monoisotopic (exact) mass is 350 g/mol. The van der Waals surface area contributed by atoms with Gasteiger partial charge in [-0.15, -0.1) is 0 Å². The van der Waals surface area contributed by atoms with Crippen molar-refractivity contribution in [2.45, 2.75) is 12.8 Å². The molecule has 0 bridgehead atoms. The predicted molar refractivity (Wildman–Crippen MR) is 101 cm³/mol. The van der Waals surface area contributed by atoms with Crippen molar-refractivity contribution in [3.63, 3.8) is 0 Å². The van der Waals surface area contributed by atoms with Crippen LogP contribution >= 0.6 is 0 Å². The van der Waals surface area contributed by atoms with Gasteiger partial charge in [0.15, 0.2) is 0 Å². The van der Waals surface area contributed by atoms with Gasteiger partial charge < -0.3 is 14.2 Å². The molecule has 1 aliphatic carbocycles. The molecule has 3 rings (SSSR count). The molecule has 0 radical (unpaired) electrons. The molecule has 0 spiro atoms. The minimum absolute atomic E-state index is 0.355. The fraction of sp³-hybridized carbons (Fsp3) is 0.227. The van der Waals surface area contributed by atoms with Gasteiger partial charge in [0.2, 0.25) is 0 Å². The first-order valence-corrected chi connectivity index (χ1v) is 8.47. The molecule has 0 N–H and O–H groups in total. The highest BCUT2D eigenvalue weighted by atomic mass is 16.5. The van der Waals surface area contributed by atoms with Crippen molar-refractivity contribution in [3.05, 3.63) is 76.9 Å². The first kappa shape index (κ1) is 17.8. The highest BCUT2D eigenvalue weighted by molar-refractivity contribution is 5.89. The smallest absolute Gasteiger partial charge is 0.330 e. The highest BCUT2D eigenvalue weighted by Gasteiger charge is 2.20. The zero-order valence-corrected chi connectivity index (χ0v) is 15.2. The van der Waals surface area contributed by atoms with Gasteiger partial charge in [-0.2, -0.15) is 0 Å². The zero-order valence-electron chi connectivity index (χ0n) is 15.2. The molecular formula is C22H22O4. The van der Waals surface area contributed by atoms with Gasteiger partial charge in [-0.3, -0.25) is 0 Å². The van der Waals surface area contributed by atoms with Crippen molar-refractivity contribution >= 4 is 11.5 Å². The van der Waals surface area contributed by atoms with Gasteiger partial charge in [0.1, 0.15) is 11.5 Å². The maximum Gasteiger partial charge on any atom is 0.330 e. The number of rotatable bonds is 5. The number of benzene rings is 2. The molecular weight excluding hydrogens is 328 g/mol. The van der Waals surface area contributed by atoms with E-state index in [-0.39, 0.29) is 5.97 Å². The second kappa shape index (κ2) is 7.91. The summed E-state index contributed by atoms with van der Waals surface area (Å²) in [6.45, 7) is 0. The average molecular weight is 350 g/mol. The molecule has 0 fully saturated rings. The van der Waals surface area contributed by atoms with E-state index in [1.807, 2.05) is 36.4 Å². The Hall–Kier alpha value is -3.01. The number of hydrogen-bond donors (Lipinski definition) is 0. The third-order valence-electron chi connectivity index (χ3n) is 4.57. The molecule has 1 aliphatic rings. The predicted octanol–water partition coefficient (Wildman–Crippen LogP) is 4.18. The number of carbonyl (C=O) groups excluding carboxylic acids is 1. The van der Waals surface area contributed by atoms with E-state index < -0.39 is 0 Å². The van der Waals surface area contributed by atoms with Crippen molar-refractivity contribution in [1.82, 2.24) is 0 Å². The van der Waals surface area contributed by atoms with E-state index in [2.05, 4.69) is 12.1 Å². The molecule has 26 heavy (non-hydrogen) atoms. The molecule has 0 aromatic heterocycles. The molecule has 0 amide bonds. The summed E-state index contributed by atoms with van der Waals surface area (Å²) < 4.78 is 15.4. The van der Waals surface area contributed by atoms with Gasteiger partial charge in [-0.05, 0) is 64.9 Å². The zero-order chi connectivity index (χ0) is 18.5. The van der Waals surface area contributed by atoms with E-state index >= 15 is 0 Å². The first-order valence-electron chi connectivity index (χ1n) is 8.47. The summed E-state index contributed by atoms with van der Waals surface area (Å²) in [4.78, 5) is 11.5. The van der Waals surface area contributed by atoms with Gasteiger partial charge in [0.05, 0.1) is 21.3 Å². The van der Waals surface area contributed by atoms with Crippen LogP contribution in [0.25, 0.3) is 5.57 Å². The number of fused-ring (bicyclic) bond motifs is 1. The molecule has 0 aliphatic heterocycles. The standard InChI is InChI=1S/C22H22O4/c1-24-18-9-6-16(7-10-18)22-15(8-13-21(23)26-3)4-5-17-14-19(25-2)11-12-20(17)22/h6-14H,4-5H2,1-3H3. The van der Waals surface area contributed by atoms with Crippen LogP contribution in [-0.4, -0.2) is 27.3 Å². The molecule has 0 heterocycles. The first-order chi connectivity index (χ1) is 12.7. The molecule has 0 atom stereocenters. The Morgan fingerprint density at radius 2 is 1.62 bits per heavy atom. The summed E-state index contributed by atoms with van der Waals surface area (Å²) >= 11 is 0. The van der Waals surface area contributed by atoms with Gasteiger partial charge in [0, 0.05) is 6.08 Å². The van der Waals surface area contributed by atoms with Crippen LogP contribution < -0.4 is 9.47 Å². The van der Waals surface area contributed by atoms with Crippen LogP contribution in [0.4, 0.5) is 0 Å². The van der Waals surface area contributed by atoms with Crippen LogP contribution in [0.1, 0.15) is 23.1 Å². The van der Waals surface area contributed by atoms with Crippen LogP contribution in [-0.2, 0) is 16.0 Å². The van der Waals surface area contributed by atoms with E-state index in [0.29, 0.717) is 0 Å². The number of carbonyl (C=O) groups is 1. The summed E-state index contributed by atoms with van der Waals surface area (Å²) in [5.41, 5.74) is 5.72. The van der Waals surface area contributed by atoms with Gasteiger partial charge in [0.25, 0.3) is 0 Å². The lowest BCUT2D eigenvalue weighted by Gasteiger charge is -2.23. The van der Waals surface area contributed by atoms with Crippen molar-refractivity contribution < 1.29 is 19.0 Å². The van der Waals surface area contributed by atoms with E-state index in [9.17, 15) is 4.79 Å². The van der Waals surface area contributed by atoms with E-state index in [4.69, 9.17) is 14.2 Å². The minimum atomic E-state index is -0.355. The summed E-state index contributed by atoms with van der Waals surface area (Å²) in [7, 11) is 4.71. The Bertz CT molecular complexity index is 860. The number of methoxy groups -OCH3 is 3. The molecule has 0 saturated heterocycles.